The van der Waals surface area contributed by atoms with Gasteiger partial charge in [0.05, 0.1) is 11.4 Å². The molecule has 1 N–H and O–H groups in total. The number of nitrogens with zero attached hydrogens (tertiary/aromatic N) is 2. The molecule has 10 heteroatoms. The lowest BCUT2D eigenvalue weighted by atomic mass is 10.1. The zero-order valence-corrected chi connectivity index (χ0v) is 21.4. The predicted molar refractivity (Wildman–Crippen MR) is 146 cm³/mol. The first-order chi connectivity index (χ1) is 18.4. The van der Waals surface area contributed by atoms with E-state index in [1.807, 2.05) is 35.0 Å². The lowest BCUT2D eigenvalue weighted by molar-refractivity contribution is -0.123. The van der Waals surface area contributed by atoms with E-state index in [4.69, 9.17) is 21.1 Å². The van der Waals surface area contributed by atoms with Gasteiger partial charge >= 0.3 is 0 Å². The average Bonchev–Trinajstić information content (AvgIpc) is 3.58. The second-order valence-corrected chi connectivity index (χ2v) is 10.2. The molecule has 1 fully saturated rings. The highest BCUT2D eigenvalue weighted by Gasteiger charge is 2.35. The first-order valence-corrected chi connectivity index (χ1v) is 12.9. The predicted octanol–water partition coefficient (Wildman–Crippen LogP) is 5.90. The molecule has 0 atom stereocenters. The Morgan fingerprint density at radius 3 is 2.66 bits per heavy atom. The highest BCUT2D eigenvalue weighted by atomic mass is 35.5. The molecule has 0 bridgehead atoms. The molecule has 3 heterocycles. The molecule has 0 aliphatic carbocycles. The molecule has 0 saturated carbocycles. The maximum Gasteiger partial charge on any atom is 0.293 e. The SMILES string of the molecule is O=C(Cn1cc(/C=C2\SC(=O)N(Cc3ccc(Cl)cc3)C2=O)c2ccccc21)Nc1ccc2c(c1)OCO2. The summed E-state index contributed by atoms with van der Waals surface area (Å²) in [4.78, 5) is 40.2. The maximum atomic E-state index is 13.1. The van der Waals surface area contributed by atoms with Crippen molar-refractivity contribution >= 4 is 63.1 Å². The number of ether oxygens (including phenoxy) is 2. The summed E-state index contributed by atoms with van der Waals surface area (Å²) >= 11 is 6.85. The number of para-hydroxylation sites is 1. The first kappa shape index (κ1) is 24.1. The highest BCUT2D eigenvalue weighted by molar-refractivity contribution is 8.18. The van der Waals surface area contributed by atoms with Crippen molar-refractivity contribution in [3.05, 3.63) is 94.0 Å². The van der Waals surface area contributed by atoms with Crippen molar-refractivity contribution in [2.75, 3.05) is 12.1 Å². The van der Waals surface area contributed by atoms with E-state index in [0.29, 0.717) is 27.1 Å². The van der Waals surface area contributed by atoms with Gasteiger partial charge in [-0.25, -0.2) is 0 Å². The Balaban J connectivity index is 1.22. The number of hydrogen-bond acceptors (Lipinski definition) is 6. The summed E-state index contributed by atoms with van der Waals surface area (Å²) in [5.41, 5.74) is 2.99. The summed E-state index contributed by atoms with van der Waals surface area (Å²) in [5, 5.41) is 4.01. The quantitative estimate of drug-likeness (QED) is 0.303. The number of halogens is 1. The molecule has 3 aromatic carbocycles. The van der Waals surface area contributed by atoms with Gasteiger partial charge in [-0.15, -0.1) is 0 Å². The van der Waals surface area contributed by atoms with Crippen molar-refractivity contribution in [2.45, 2.75) is 13.1 Å². The van der Waals surface area contributed by atoms with Gasteiger partial charge in [0.25, 0.3) is 11.1 Å². The summed E-state index contributed by atoms with van der Waals surface area (Å²) < 4.78 is 12.5. The van der Waals surface area contributed by atoms with Crippen LogP contribution in [0.15, 0.2) is 77.8 Å². The van der Waals surface area contributed by atoms with Crippen LogP contribution >= 0.6 is 23.4 Å². The van der Waals surface area contributed by atoms with E-state index in [0.717, 1.165) is 33.8 Å². The number of benzene rings is 3. The second kappa shape index (κ2) is 9.92. The standard InChI is InChI=1S/C28H20ClN3O5S/c29-19-7-5-17(6-8-19)13-32-27(34)25(38-28(32)35)11-18-14-31(22-4-2-1-3-21(18)22)15-26(33)30-20-9-10-23-24(12-20)37-16-36-23/h1-12,14H,13,15-16H2,(H,30,33)/b25-11-. The van der Waals surface area contributed by atoms with Crippen molar-refractivity contribution < 1.29 is 23.9 Å². The van der Waals surface area contributed by atoms with Crippen LogP contribution in [0.1, 0.15) is 11.1 Å². The molecular weight excluding hydrogens is 526 g/mol. The molecule has 1 saturated heterocycles. The topological polar surface area (TPSA) is 89.9 Å². The smallest absolute Gasteiger partial charge is 0.293 e. The molecule has 3 amide bonds. The number of nitrogens with one attached hydrogen (secondary N) is 1. The van der Waals surface area contributed by atoms with Gasteiger partial charge in [0.2, 0.25) is 12.7 Å². The van der Waals surface area contributed by atoms with E-state index in [9.17, 15) is 14.4 Å². The number of thioether (sulfide) groups is 1. The summed E-state index contributed by atoms with van der Waals surface area (Å²) in [5.74, 6) is 0.648. The second-order valence-electron chi connectivity index (χ2n) is 8.74. The Hall–Kier alpha value is -4.21. The molecule has 8 nitrogen and oxygen atoms in total. The van der Waals surface area contributed by atoms with Crippen molar-refractivity contribution in [3.63, 3.8) is 0 Å². The molecule has 2 aliphatic rings. The van der Waals surface area contributed by atoms with E-state index in [1.165, 1.54) is 4.90 Å². The van der Waals surface area contributed by atoms with Crippen LogP contribution in [-0.4, -0.2) is 33.3 Å². The van der Waals surface area contributed by atoms with Gasteiger partial charge in [-0.1, -0.05) is 41.9 Å². The lowest BCUT2D eigenvalue weighted by Crippen LogP contribution is -2.27. The zero-order chi connectivity index (χ0) is 26.2. The van der Waals surface area contributed by atoms with Gasteiger partial charge in [0.1, 0.15) is 6.54 Å². The van der Waals surface area contributed by atoms with Gasteiger partial charge in [0.15, 0.2) is 11.5 Å². The summed E-state index contributed by atoms with van der Waals surface area (Å²) in [6, 6.07) is 19.9. The summed E-state index contributed by atoms with van der Waals surface area (Å²) in [6.07, 6.45) is 3.53. The van der Waals surface area contributed by atoms with Crippen molar-refractivity contribution in [1.82, 2.24) is 9.47 Å². The third kappa shape index (κ3) is 4.73. The van der Waals surface area contributed by atoms with Crippen LogP contribution in [0.25, 0.3) is 17.0 Å². The van der Waals surface area contributed by atoms with Crippen LogP contribution in [0.2, 0.25) is 5.02 Å². The fourth-order valence-corrected chi connectivity index (χ4v) is 5.36. The summed E-state index contributed by atoms with van der Waals surface area (Å²) in [6.45, 7) is 0.382. The molecule has 4 aromatic rings. The third-order valence-corrected chi connectivity index (χ3v) is 7.36. The van der Waals surface area contributed by atoms with Crippen molar-refractivity contribution in [1.29, 1.82) is 0 Å². The lowest BCUT2D eigenvalue weighted by Gasteiger charge is -2.12. The molecule has 190 valence electrons. The van der Waals surface area contributed by atoms with Gasteiger partial charge in [-0.05, 0) is 53.7 Å². The third-order valence-electron chi connectivity index (χ3n) is 6.20. The van der Waals surface area contributed by atoms with Gasteiger partial charge < -0.3 is 19.4 Å². The van der Waals surface area contributed by atoms with Crippen LogP contribution in [0.4, 0.5) is 10.5 Å². The number of imide groups is 1. The Morgan fingerprint density at radius 2 is 1.82 bits per heavy atom. The van der Waals surface area contributed by atoms with E-state index in [-0.39, 0.29) is 36.9 Å². The minimum Gasteiger partial charge on any atom is -0.454 e. The molecule has 38 heavy (non-hydrogen) atoms. The van der Waals surface area contributed by atoms with E-state index < -0.39 is 0 Å². The Bertz CT molecular complexity index is 1630. The molecule has 1 aromatic heterocycles. The van der Waals surface area contributed by atoms with Gasteiger partial charge in [-0.2, -0.15) is 0 Å². The number of fused-ring (bicyclic) bond motifs is 2. The van der Waals surface area contributed by atoms with Gasteiger partial charge in [-0.3, -0.25) is 19.3 Å². The number of amides is 3. The van der Waals surface area contributed by atoms with Crippen LogP contribution in [-0.2, 0) is 22.7 Å². The van der Waals surface area contributed by atoms with E-state index in [1.54, 1.807) is 48.5 Å². The normalized spacial score (nSPS) is 15.6. The molecule has 0 unspecified atom stereocenters. The molecule has 0 spiro atoms. The maximum absolute atomic E-state index is 13.1. The number of anilines is 1. The number of carbonyl (C=O) groups excluding carboxylic acids is 3. The Morgan fingerprint density at radius 1 is 1.03 bits per heavy atom. The largest absolute Gasteiger partial charge is 0.454 e. The number of rotatable bonds is 6. The highest BCUT2D eigenvalue weighted by Crippen LogP contribution is 2.36. The fraction of sp³-hybridized carbons (Fsp3) is 0.107. The summed E-state index contributed by atoms with van der Waals surface area (Å²) in [7, 11) is 0. The van der Waals surface area contributed by atoms with E-state index in [2.05, 4.69) is 5.32 Å². The number of carbonyl (C=O) groups is 3. The monoisotopic (exact) mass is 545 g/mol. The number of aromatic nitrogens is 1. The Labute approximate surface area is 226 Å². The van der Waals surface area contributed by atoms with Crippen LogP contribution < -0.4 is 14.8 Å². The van der Waals surface area contributed by atoms with Crippen LogP contribution in [0.5, 0.6) is 11.5 Å². The average molecular weight is 546 g/mol. The Kier molecular flexibility index (Phi) is 6.30. The number of hydrogen-bond donors (Lipinski definition) is 1. The molecule has 6 rings (SSSR count). The first-order valence-electron chi connectivity index (χ1n) is 11.7. The van der Waals surface area contributed by atoms with Crippen LogP contribution in [0, 0.1) is 0 Å². The van der Waals surface area contributed by atoms with E-state index >= 15 is 0 Å². The fourth-order valence-electron chi connectivity index (χ4n) is 4.40. The molecule has 2 aliphatic heterocycles. The minimum absolute atomic E-state index is 0.0564. The van der Waals surface area contributed by atoms with Crippen molar-refractivity contribution in [2.24, 2.45) is 0 Å². The van der Waals surface area contributed by atoms with Crippen molar-refractivity contribution in [3.8, 4) is 11.5 Å². The van der Waals surface area contributed by atoms with Gasteiger partial charge in [0, 0.05) is 39.4 Å². The van der Waals surface area contributed by atoms with Crippen LogP contribution in [0.3, 0.4) is 0 Å². The zero-order valence-electron chi connectivity index (χ0n) is 19.8. The molecular formula is C28H20ClN3O5S. The molecule has 0 radical (unpaired) electrons. The minimum atomic E-state index is -0.354.